The lowest BCUT2D eigenvalue weighted by Gasteiger charge is -2.13. The second-order valence-electron chi connectivity index (χ2n) is 8.73. The van der Waals surface area contributed by atoms with Crippen molar-refractivity contribution in [3.63, 3.8) is 0 Å². The highest BCUT2D eigenvalue weighted by molar-refractivity contribution is 7.99. The number of hydrogen-bond acceptors (Lipinski definition) is 6. The van der Waals surface area contributed by atoms with Crippen LogP contribution in [-0.2, 0) is 13.2 Å². The molecule has 6 nitrogen and oxygen atoms in total. The van der Waals surface area contributed by atoms with Crippen LogP contribution in [-0.4, -0.2) is 43.8 Å². The second-order valence-corrected chi connectivity index (χ2v) is 9.79. The minimum absolute atomic E-state index is 0.165. The third-order valence-corrected chi connectivity index (χ3v) is 7.38. The minimum atomic E-state index is -4.28. The zero-order chi connectivity index (χ0) is 23.5. The molecule has 10 heteroatoms. The van der Waals surface area contributed by atoms with E-state index >= 15 is 0 Å². The van der Waals surface area contributed by atoms with E-state index in [1.807, 2.05) is 17.7 Å². The third kappa shape index (κ3) is 5.73. The molecule has 0 radical (unpaired) electrons. The molecule has 1 aliphatic rings. The summed E-state index contributed by atoms with van der Waals surface area (Å²) in [7, 11) is 1.94. The van der Waals surface area contributed by atoms with Crippen LogP contribution in [0.1, 0.15) is 43.2 Å². The van der Waals surface area contributed by atoms with Gasteiger partial charge in [-0.05, 0) is 67.4 Å². The van der Waals surface area contributed by atoms with E-state index < -0.39 is 11.7 Å². The monoisotopic (exact) mass is 476 g/mol. The summed E-state index contributed by atoms with van der Waals surface area (Å²) < 4.78 is 40.2. The van der Waals surface area contributed by atoms with E-state index in [4.69, 9.17) is 0 Å². The van der Waals surface area contributed by atoms with Crippen molar-refractivity contribution in [1.82, 2.24) is 30.3 Å². The van der Waals surface area contributed by atoms with E-state index in [1.54, 1.807) is 36.3 Å². The van der Waals surface area contributed by atoms with E-state index in [0.717, 1.165) is 60.2 Å². The average molecular weight is 477 g/mol. The molecule has 0 aliphatic heterocycles. The van der Waals surface area contributed by atoms with Crippen molar-refractivity contribution in [2.24, 2.45) is 12.5 Å². The van der Waals surface area contributed by atoms with Crippen molar-refractivity contribution in [3.05, 3.63) is 53.9 Å². The van der Waals surface area contributed by atoms with Gasteiger partial charge >= 0.3 is 6.18 Å². The molecular formula is C23H27F3N6S. The predicted octanol–water partition coefficient (Wildman–Crippen LogP) is 4.95. The molecule has 4 rings (SSSR count). The number of thioether (sulfide) groups is 1. The Kier molecular flexibility index (Phi) is 7.04. The minimum Gasteiger partial charge on any atom is -0.317 e. The molecule has 2 atom stereocenters. The van der Waals surface area contributed by atoms with Crippen LogP contribution in [0, 0.1) is 5.41 Å². The molecule has 33 heavy (non-hydrogen) atoms. The van der Waals surface area contributed by atoms with E-state index in [-0.39, 0.29) is 5.41 Å². The van der Waals surface area contributed by atoms with Crippen LogP contribution >= 0.6 is 11.8 Å². The Morgan fingerprint density at radius 1 is 1.12 bits per heavy atom. The molecule has 0 amide bonds. The fraction of sp³-hybridized carbons (Fsp3) is 0.478. The zero-order valence-electron chi connectivity index (χ0n) is 18.6. The van der Waals surface area contributed by atoms with Gasteiger partial charge in [-0.1, -0.05) is 30.8 Å². The van der Waals surface area contributed by atoms with Gasteiger partial charge in [0.15, 0.2) is 11.0 Å². The first kappa shape index (κ1) is 23.7. The first-order valence-electron chi connectivity index (χ1n) is 10.9. The molecule has 1 fully saturated rings. The Morgan fingerprint density at radius 2 is 1.91 bits per heavy atom. The number of halogens is 3. The molecule has 2 heterocycles. The molecule has 1 N–H and O–H groups in total. The fourth-order valence-corrected chi connectivity index (χ4v) is 4.93. The second kappa shape index (κ2) is 9.80. The smallest absolute Gasteiger partial charge is 0.317 e. The van der Waals surface area contributed by atoms with Crippen molar-refractivity contribution >= 4 is 11.8 Å². The molecule has 0 unspecified atom stereocenters. The van der Waals surface area contributed by atoms with Crippen molar-refractivity contribution < 1.29 is 13.2 Å². The molecule has 3 aromatic rings. The maximum Gasteiger partial charge on any atom is 0.416 e. The van der Waals surface area contributed by atoms with Crippen molar-refractivity contribution in [1.29, 1.82) is 0 Å². The van der Waals surface area contributed by atoms with Gasteiger partial charge in [0.25, 0.3) is 0 Å². The first-order chi connectivity index (χ1) is 15.8. The summed E-state index contributed by atoms with van der Waals surface area (Å²) in [5.41, 5.74) is 1.47. The van der Waals surface area contributed by atoms with Crippen LogP contribution in [0.3, 0.4) is 0 Å². The van der Waals surface area contributed by atoms with Gasteiger partial charge < -0.3 is 9.88 Å². The number of hydrogen-bond donors (Lipinski definition) is 1. The quantitative estimate of drug-likeness (QED) is 0.330. The van der Waals surface area contributed by atoms with Crippen molar-refractivity contribution in [2.45, 2.75) is 43.4 Å². The van der Waals surface area contributed by atoms with Gasteiger partial charge in [0.1, 0.15) is 0 Å². The van der Waals surface area contributed by atoms with Crippen molar-refractivity contribution in [2.75, 3.05) is 18.8 Å². The Bertz CT molecular complexity index is 1050. The number of aromatic nitrogens is 5. The summed E-state index contributed by atoms with van der Waals surface area (Å²) in [6.07, 6.45) is 2.07. The average Bonchev–Trinajstić information content (AvgIpc) is 3.34. The van der Waals surface area contributed by atoms with E-state index in [1.165, 1.54) is 12.1 Å². The standard InChI is InChI=1S/C23H27F3N6S/c1-22(14-19(22)16-4-6-18(7-5-16)23(24,25)26)9-12-27-10-3-13-33-21-31-30-20(32(21)2)17-8-11-28-29-15-17/h4-8,11,15,19,27H,3,9-10,12-14H2,1-2H3/t19-,22+/m0/s1. The van der Waals surface area contributed by atoms with Crippen LogP contribution in [0.5, 0.6) is 0 Å². The summed E-state index contributed by atoms with van der Waals surface area (Å²) in [5.74, 6) is 2.04. The normalized spacial score (nSPS) is 20.2. The summed E-state index contributed by atoms with van der Waals surface area (Å²) in [5, 5.41) is 20.5. The highest BCUT2D eigenvalue weighted by atomic mass is 32.2. The lowest BCUT2D eigenvalue weighted by Crippen LogP contribution is -2.20. The van der Waals surface area contributed by atoms with E-state index in [0.29, 0.717) is 5.92 Å². The molecule has 0 spiro atoms. The van der Waals surface area contributed by atoms with Gasteiger partial charge in [-0.3, -0.25) is 0 Å². The van der Waals surface area contributed by atoms with Crippen LogP contribution in [0.2, 0.25) is 0 Å². The van der Waals surface area contributed by atoms with Gasteiger partial charge in [-0.2, -0.15) is 23.4 Å². The zero-order valence-corrected chi connectivity index (χ0v) is 19.5. The molecule has 0 saturated heterocycles. The Hall–Kier alpha value is -2.46. The number of benzene rings is 1. The predicted molar refractivity (Wildman–Crippen MR) is 122 cm³/mol. The fourth-order valence-electron chi connectivity index (χ4n) is 4.08. The Morgan fingerprint density at radius 3 is 2.61 bits per heavy atom. The molecule has 0 bridgehead atoms. The number of nitrogens with one attached hydrogen (secondary N) is 1. The lowest BCUT2D eigenvalue weighted by atomic mass is 9.97. The molecule has 1 aliphatic carbocycles. The lowest BCUT2D eigenvalue weighted by molar-refractivity contribution is -0.137. The molecular weight excluding hydrogens is 449 g/mol. The molecule has 1 saturated carbocycles. The summed E-state index contributed by atoms with van der Waals surface area (Å²) >= 11 is 1.67. The Balaban J connectivity index is 1.14. The maximum atomic E-state index is 12.7. The topological polar surface area (TPSA) is 68.5 Å². The summed E-state index contributed by atoms with van der Waals surface area (Å²) in [4.78, 5) is 0. The molecule has 2 aromatic heterocycles. The van der Waals surface area contributed by atoms with Gasteiger partial charge in [0.2, 0.25) is 0 Å². The van der Waals surface area contributed by atoms with E-state index in [2.05, 4.69) is 32.6 Å². The third-order valence-electron chi connectivity index (χ3n) is 6.27. The number of alkyl halides is 3. The highest BCUT2D eigenvalue weighted by Crippen LogP contribution is 2.61. The highest BCUT2D eigenvalue weighted by Gasteiger charge is 2.49. The summed E-state index contributed by atoms with van der Waals surface area (Å²) in [6, 6.07) is 7.51. The van der Waals surface area contributed by atoms with Crippen LogP contribution in [0.4, 0.5) is 13.2 Å². The molecule has 1 aromatic carbocycles. The molecule has 176 valence electrons. The van der Waals surface area contributed by atoms with Gasteiger partial charge in [0, 0.05) is 18.4 Å². The number of nitrogens with zero attached hydrogens (tertiary/aromatic N) is 5. The first-order valence-corrected chi connectivity index (χ1v) is 11.9. The number of rotatable bonds is 10. The van der Waals surface area contributed by atoms with Gasteiger partial charge in [0.05, 0.1) is 18.0 Å². The van der Waals surface area contributed by atoms with Gasteiger partial charge in [-0.25, -0.2) is 0 Å². The van der Waals surface area contributed by atoms with Crippen LogP contribution in [0.25, 0.3) is 11.4 Å². The Labute approximate surface area is 195 Å². The van der Waals surface area contributed by atoms with Crippen molar-refractivity contribution in [3.8, 4) is 11.4 Å². The summed E-state index contributed by atoms with van der Waals surface area (Å²) in [6.45, 7) is 4.03. The maximum absolute atomic E-state index is 12.7. The SMILES string of the molecule is Cn1c(SCCCNCC[C@]2(C)C[C@H]2c2ccc(C(F)(F)F)cc2)nnc1-c1ccnnc1. The largest absolute Gasteiger partial charge is 0.416 e. The van der Waals surface area contributed by atoms with Crippen LogP contribution in [0.15, 0.2) is 47.9 Å². The van der Waals surface area contributed by atoms with Gasteiger partial charge in [-0.15, -0.1) is 10.2 Å². The van der Waals surface area contributed by atoms with E-state index in [9.17, 15) is 13.2 Å². The van der Waals surface area contributed by atoms with Crippen LogP contribution < -0.4 is 5.32 Å².